The second-order valence-corrected chi connectivity index (χ2v) is 4.56. The van der Waals surface area contributed by atoms with Gasteiger partial charge in [0.25, 0.3) is 5.69 Å². The van der Waals surface area contributed by atoms with Crippen molar-refractivity contribution in [3.8, 4) is 5.75 Å². The van der Waals surface area contributed by atoms with Crippen LogP contribution in [0.1, 0.15) is 20.8 Å². The van der Waals surface area contributed by atoms with Crippen LogP contribution in [0.3, 0.4) is 0 Å². The van der Waals surface area contributed by atoms with Crippen LogP contribution in [0.5, 0.6) is 5.75 Å². The van der Waals surface area contributed by atoms with Crippen molar-refractivity contribution in [2.75, 3.05) is 13.2 Å². The molecule has 0 spiro atoms. The maximum Gasteiger partial charge on any atom is 0.273 e. The molecule has 5 nitrogen and oxygen atoms in total. The van der Waals surface area contributed by atoms with Gasteiger partial charge in [-0.05, 0) is 26.8 Å². The molecule has 94 valence electrons. The zero-order valence-electron chi connectivity index (χ0n) is 10.3. The molecule has 0 saturated carbocycles. The van der Waals surface area contributed by atoms with Crippen molar-refractivity contribution in [2.24, 2.45) is 0 Å². The van der Waals surface area contributed by atoms with E-state index in [1.165, 1.54) is 12.1 Å². The smallest absolute Gasteiger partial charge is 0.273 e. The van der Waals surface area contributed by atoms with Gasteiger partial charge in [-0.25, -0.2) is 0 Å². The average molecular weight is 239 g/mol. The van der Waals surface area contributed by atoms with Crippen LogP contribution < -0.4 is 4.74 Å². The van der Waals surface area contributed by atoms with Gasteiger partial charge in [-0.1, -0.05) is 6.07 Å². The minimum atomic E-state index is -0.446. The Bertz CT molecular complexity index is 384. The van der Waals surface area contributed by atoms with Crippen molar-refractivity contribution in [2.45, 2.75) is 26.4 Å². The number of rotatable bonds is 5. The molecule has 17 heavy (non-hydrogen) atoms. The predicted octanol–water partition coefficient (Wildman–Crippen LogP) is 2.79. The van der Waals surface area contributed by atoms with Gasteiger partial charge in [-0.2, -0.15) is 0 Å². The van der Waals surface area contributed by atoms with Gasteiger partial charge in [-0.3, -0.25) is 10.1 Å². The van der Waals surface area contributed by atoms with E-state index in [0.717, 1.165) is 0 Å². The van der Waals surface area contributed by atoms with Crippen molar-refractivity contribution in [3.63, 3.8) is 0 Å². The minimum Gasteiger partial charge on any atom is -0.491 e. The lowest BCUT2D eigenvalue weighted by Crippen LogP contribution is -2.22. The van der Waals surface area contributed by atoms with Crippen molar-refractivity contribution in [3.05, 3.63) is 34.4 Å². The first-order valence-electron chi connectivity index (χ1n) is 5.40. The Morgan fingerprint density at radius 3 is 2.59 bits per heavy atom. The van der Waals surface area contributed by atoms with Crippen LogP contribution in [-0.4, -0.2) is 23.7 Å². The van der Waals surface area contributed by atoms with Gasteiger partial charge >= 0.3 is 0 Å². The Kier molecular flexibility index (Phi) is 4.45. The fourth-order valence-electron chi connectivity index (χ4n) is 1.19. The summed E-state index contributed by atoms with van der Waals surface area (Å²) in [6.07, 6.45) is 0. The number of hydrogen-bond donors (Lipinski definition) is 0. The van der Waals surface area contributed by atoms with Crippen LogP contribution in [0, 0.1) is 10.1 Å². The van der Waals surface area contributed by atoms with Crippen LogP contribution in [-0.2, 0) is 4.74 Å². The van der Waals surface area contributed by atoms with Crippen molar-refractivity contribution in [1.29, 1.82) is 0 Å². The molecule has 0 fully saturated rings. The molecule has 0 saturated heterocycles. The summed E-state index contributed by atoms with van der Waals surface area (Å²) in [6, 6.07) is 6.11. The normalized spacial score (nSPS) is 11.2. The first-order chi connectivity index (χ1) is 7.88. The van der Waals surface area contributed by atoms with Gasteiger partial charge < -0.3 is 9.47 Å². The number of non-ortho nitro benzene ring substituents is 1. The second kappa shape index (κ2) is 5.63. The molecule has 0 N–H and O–H groups in total. The van der Waals surface area contributed by atoms with Gasteiger partial charge in [0.05, 0.1) is 23.2 Å². The van der Waals surface area contributed by atoms with Crippen molar-refractivity contribution >= 4 is 5.69 Å². The Labute approximate surface area is 101 Å². The first kappa shape index (κ1) is 13.4. The molecule has 0 aromatic heterocycles. The molecule has 0 unspecified atom stereocenters. The number of nitro groups is 1. The highest BCUT2D eigenvalue weighted by Gasteiger charge is 2.10. The monoisotopic (exact) mass is 239 g/mol. The summed E-state index contributed by atoms with van der Waals surface area (Å²) in [5.41, 5.74) is -0.175. The molecule has 0 aliphatic carbocycles. The van der Waals surface area contributed by atoms with Crippen LogP contribution in [0.4, 0.5) is 5.69 Å². The van der Waals surface area contributed by atoms with E-state index in [4.69, 9.17) is 9.47 Å². The summed E-state index contributed by atoms with van der Waals surface area (Å²) in [5.74, 6) is 0.483. The second-order valence-electron chi connectivity index (χ2n) is 4.56. The number of nitrogens with zero attached hydrogens (tertiary/aromatic N) is 1. The van der Waals surface area contributed by atoms with Gasteiger partial charge in [0.2, 0.25) is 0 Å². The number of ether oxygens (including phenoxy) is 2. The zero-order valence-corrected chi connectivity index (χ0v) is 10.3. The molecular formula is C12H17NO4. The third kappa shape index (κ3) is 5.31. The lowest BCUT2D eigenvalue weighted by Gasteiger charge is -2.19. The molecule has 0 heterocycles. The van der Waals surface area contributed by atoms with E-state index >= 15 is 0 Å². The van der Waals surface area contributed by atoms with E-state index < -0.39 is 4.92 Å². The minimum absolute atomic E-state index is 0.0271. The molecule has 0 aliphatic heterocycles. The Morgan fingerprint density at radius 1 is 1.29 bits per heavy atom. The third-order valence-electron chi connectivity index (χ3n) is 1.92. The van der Waals surface area contributed by atoms with Gasteiger partial charge in [0, 0.05) is 6.07 Å². The molecule has 0 amide bonds. The summed E-state index contributed by atoms with van der Waals surface area (Å²) < 4.78 is 10.8. The van der Waals surface area contributed by atoms with E-state index in [1.807, 2.05) is 20.8 Å². The van der Waals surface area contributed by atoms with Crippen LogP contribution in [0.25, 0.3) is 0 Å². The predicted molar refractivity (Wildman–Crippen MR) is 64.3 cm³/mol. The highest BCUT2D eigenvalue weighted by molar-refractivity contribution is 5.37. The highest BCUT2D eigenvalue weighted by atomic mass is 16.6. The fourth-order valence-corrected chi connectivity index (χ4v) is 1.19. The van der Waals surface area contributed by atoms with E-state index in [9.17, 15) is 10.1 Å². The SMILES string of the molecule is CC(C)(C)OCCOc1cccc([N+](=O)[O-])c1. The maximum atomic E-state index is 10.5. The quantitative estimate of drug-likeness (QED) is 0.450. The summed E-state index contributed by atoms with van der Waals surface area (Å²) in [4.78, 5) is 10.1. The topological polar surface area (TPSA) is 61.6 Å². The molecule has 0 radical (unpaired) electrons. The highest BCUT2D eigenvalue weighted by Crippen LogP contribution is 2.19. The third-order valence-corrected chi connectivity index (χ3v) is 1.92. The number of hydrogen-bond acceptors (Lipinski definition) is 4. The molecular weight excluding hydrogens is 222 g/mol. The van der Waals surface area contributed by atoms with E-state index in [2.05, 4.69) is 0 Å². The molecule has 0 aliphatic rings. The number of nitro benzene ring substituents is 1. The first-order valence-corrected chi connectivity index (χ1v) is 5.40. The Hall–Kier alpha value is -1.62. The zero-order chi connectivity index (χ0) is 12.9. The molecule has 1 aromatic rings. The lowest BCUT2D eigenvalue weighted by molar-refractivity contribution is -0.384. The van der Waals surface area contributed by atoms with Crippen LogP contribution in [0.15, 0.2) is 24.3 Å². The molecule has 0 atom stereocenters. The number of benzene rings is 1. The van der Waals surface area contributed by atoms with Gasteiger partial charge in [-0.15, -0.1) is 0 Å². The Balaban J connectivity index is 2.42. The largest absolute Gasteiger partial charge is 0.491 e. The van der Waals surface area contributed by atoms with Gasteiger partial charge in [0.15, 0.2) is 0 Å². The fraction of sp³-hybridized carbons (Fsp3) is 0.500. The van der Waals surface area contributed by atoms with Gasteiger partial charge in [0.1, 0.15) is 12.4 Å². The van der Waals surface area contributed by atoms with E-state index in [0.29, 0.717) is 19.0 Å². The average Bonchev–Trinajstić information content (AvgIpc) is 2.23. The van der Waals surface area contributed by atoms with Crippen LogP contribution in [0.2, 0.25) is 0 Å². The standard InChI is InChI=1S/C12H17NO4/c1-12(2,3)17-8-7-16-11-6-4-5-10(9-11)13(14)15/h4-6,9H,7-8H2,1-3H3. The Morgan fingerprint density at radius 2 is 2.00 bits per heavy atom. The molecule has 0 bridgehead atoms. The van der Waals surface area contributed by atoms with E-state index in [1.54, 1.807) is 12.1 Å². The van der Waals surface area contributed by atoms with Crippen molar-refractivity contribution < 1.29 is 14.4 Å². The molecule has 1 rings (SSSR count). The maximum absolute atomic E-state index is 10.5. The summed E-state index contributed by atoms with van der Waals surface area (Å²) in [6.45, 7) is 6.70. The summed E-state index contributed by atoms with van der Waals surface area (Å²) in [5, 5.41) is 10.5. The molecule has 1 aromatic carbocycles. The van der Waals surface area contributed by atoms with Crippen molar-refractivity contribution in [1.82, 2.24) is 0 Å². The van der Waals surface area contributed by atoms with E-state index in [-0.39, 0.29) is 11.3 Å². The van der Waals surface area contributed by atoms with Crippen LogP contribution >= 0.6 is 0 Å². The summed E-state index contributed by atoms with van der Waals surface area (Å²) >= 11 is 0. The lowest BCUT2D eigenvalue weighted by atomic mass is 10.2. The molecule has 5 heteroatoms. The summed E-state index contributed by atoms with van der Waals surface area (Å²) in [7, 11) is 0.